The number of anilines is 1. The molecular formula is C12H18N4O2. The number of hydrogen-bond donors (Lipinski definition) is 1. The molecule has 6 heteroatoms. The Morgan fingerprint density at radius 1 is 1.50 bits per heavy atom. The van der Waals surface area contributed by atoms with Crippen molar-refractivity contribution in [1.82, 2.24) is 14.9 Å². The molecule has 98 valence electrons. The summed E-state index contributed by atoms with van der Waals surface area (Å²) in [6.07, 6.45) is 2.91. The third-order valence-electron chi connectivity index (χ3n) is 2.47. The summed E-state index contributed by atoms with van der Waals surface area (Å²) in [6.45, 7) is 6.86. The molecule has 0 radical (unpaired) electrons. The molecule has 0 atom stereocenters. The van der Waals surface area contributed by atoms with Crippen molar-refractivity contribution >= 4 is 11.9 Å². The summed E-state index contributed by atoms with van der Waals surface area (Å²) in [6, 6.07) is 2.03. The van der Waals surface area contributed by atoms with Crippen LogP contribution in [0.3, 0.4) is 0 Å². The van der Waals surface area contributed by atoms with Crippen LogP contribution in [-0.4, -0.2) is 45.7 Å². The van der Waals surface area contributed by atoms with Crippen LogP contribution in [0.25, 0.3) is 0 Å². The molecule has 0 aliphatic carbocycles. The van der Waals surface area contributed by atoms with E-state index in [1.54, 1.807) is 17.2 Å². The number of nitrogens with zero attached hydrogens (tertiary/aromatic N) is 3. The van der Waals surface area contributed by atoms with E-state index in [2.05, 4.69) is 15.3 Å². The van der Waals surface area contributed by atoms with Gasteiger partial charge < -0.3 is 15.0 Å². The van der Waals surface area contributed by atoms with Gasteiger partial charge in [-0.25, -0.2) is 14.8 Å². The van der Waals surface area contributed by atoms with E-state index >= 15 is 0 Å². The van der Waals surface area contributed by atoms with Crippen molar-refractivity contribution in [2.24, 2.45) is 0 Å². The van der Waals surface area contributed by atoms with Gasteiger partial charge in [0.15, 0.2) is 0 Å². The van der Waals surface area contributed by atoms with E-state index in [1.165, 1.54) is 6.33 Å². The minimum atomic E-state index is -0.442. The lowest BCUT2D eigenvalue weighted by atomic mass is 10.1. The second-order valence-corrected chi connectivity index (χ2v) is 5.32. The fourth-order valence-corrected chi connectivity index (χ4v) is 1.63. The minimum Gasteiger partial charge on any atom is -0.444 e. The third-order valence-corrected chi connectivity index (χ3v) is 2.47. The molecular weight excluding hydrogens is 232 g/mol. The zero-order valence-corrected chi connectivity index (χ0v) is 10.9. The van der Waals surface area contributed by atoms with Crippen molar-refractivity contribution in [3.63, 3.8) is 0 Å². The van der Waals surface area contributed by atoms with Gasteiger partial charge in [0.25, 0.3) is 0 Å². The number of carbonyl (C=O) groups excluding carboxylic acids is 1. The van der Waals surface area contributed by atoms with Crippen LogP contribution in [0.1, 0.15) is 20.8 Å². The number of amides is 1. The Morgan fingerprint density at radius 2 is 2.22 bits per heavy atom. The first-order valence-electron chi connectivity index (χ1n) is 5.94. The second-order valence-electron chi connectivity index (χ2n) is 5.32. The van der Waals surface area contributed by atoms with E-state index in [9.17, 15) is 4.79 Å². The molecule has 1 fully saturated rings. The van der Waals surface area contributed by atoms with Crippen LogP contribution < -0.4 is 5.32 Å². The highest BCUT2D eigenvalue weighted by Crippen LogP contribution is 2.17. The van der Waals surface area contributed by atoms with Crippen molar-refractivity contribution in [2.75, 3.05) is 18.4 Å². The van der Waals surface area contributed by atoms with Gasteiger partial charge in [-0.3, -0.25) is 0 Å². The molecule has 1 aliphatic rings. The van der Waals surface area contributed by atoms with Gasteiger partial charge in [-0.15, -0.1) is 0 Å². The first-order chi connectivity index (χ1) is 8.44. The van der Waals surface area contributed by atoms with Crippen molar-refractivity contribution < 1.29 is 9.53 Å². The summed E-state index contributed by atoms with van der Waals surface area (Å²) < 4.78 is 5.27. The predicted molar refractivity (Wildman–Crippen MR) is 67.2 cm³/mol. The molecule has 1 N–H and O–H groups in total. The van der Waals surface area contributed by atoms with E-state index in [4.69, 9.17) is 4.74 Å². The lowest BCUT2D eigenvalue weighted by Gasteiger charge is -2.40. The maximum atomic E-state index is 11.7. The summed E-state index contributed by atoms with van der Waals surface area (Å²) >= 11 is 0. The van der Waals surface area contributed by atoms with E-state index in [0.717, 1.165) is 5.82 Å². The third kappa shape index (κ3) is 3.32. The largest absolute Gasteiger partial charge is 0.444 e. The Labute approximate surface area is 106 Å². The summed E-state index contributed by atoms with van der Waals surface area (Å²) in [4.78, 5) is 21.3. The van der Waals surface area contributed by atoms with E-state index in [0.29, 0.717) is 13.1 Å². The van der Waals surface area contributed by atoms with Crippen LogP contribution in [0.4, 0.5) is 10.6 Å². The van der Waals surface area contributed by atoms with E-state index < -0.39 is 5.60 Å². The Balaban J connectivity index is 1.76. The number of rotatable bonds is 2. The van der Waals surface area contributed by atoms with Crippen molar-refractivity contribution in [1.29, 1.82) is 0 Å². The quantitative estimate of drug-likeness (QED) is 0.861. The molecule has 18 heavy (non-hydrogen) atoms. The van der Waals surface area contributed by atoms with Crippen LogP contribution in [0.2, 0.25) is 0 Å². The highest BCUT2D eigenvalue weighted by molar-refractivity contribution is 5.69. The Hall–Kier alpha value is -1.85. The Morgan fingerprint density at radius 3 is 2.78 bits per heavy atom. The van der Waals surface area contributed by atoms with Gasteiger partial charge in [-0.05, 0) is 26.8 Å². The van der Waals surface area contributed by atoms with Gasteiger partial charge in [-0.2, -0.15) is 0 Å². The molecule has 1 saturated heterocycles. The van der Waals surface area contributed by atoms with Crippen LogP contribution >= 0.6 is 0 Å². The standard InChI is InChI=1S/C12H18N4O2/c1-12(2,3)18-11(17)16-6-9(7-16)15-10-4-5-13-8-14-10/h4-5,8-9H,6-7H2,1-3H3,(H,13,14,15). The summed E-state index contributed by atoms with van der Waals surface area (Å²) in [5, 5.41) is 3.23. The average Bonchev–Trinajstić information content (AvgIpc) is 2.21. The Bertz CT molecular complexity index is 410. The SMILES string of the molecule is CC(C)(C)OC(=O)N1CC(Nc2ccncn2)C1. The van der Waals surface area contributed by atoms with Crippen LogP contribution in [0.5, 0.6) is 0 Å². The first-order valence-corrected chi connectivity index (χ1v) is 5.94. The molecule has 0 spiro atoms. The lowest BCUT2D eigenvalue weighted by molar-refractivity contribution is 0.0104. The maximum absolute atomic E-state index is 11.7. The summed E-state index contributed by atoms with van der Waals surface area (Å²) in [5.41, 5.74) is -0.442. The number of ether oxygens (including phenoxy) is 1. The molecule has 2 heterocycles. The number of hydrogen-bond acceptors (Lipinski definition) is 5. The fraction of sp³-hybridized carbons (Fsp3) is 0.583. The van der Waals surface area contributed by atoms with Gasteiger partial charge >= 0.3 is 6.09 Å². The Kier molecular flexibility index (Phi) is 3.36. The van der Waals surface area contributed by atoms with Crippen molar-refractivity contribution in [3.05, 3.63) is 18.6 Å². The maximum Gasteiger partial charge on any atom is 0.410 e. The van der Waals surface area contributed by atoms with E-state index in [1.807, 2.05) is 20.8 Å². The second kappa shape index (κ2) is 4.80. The van der Waals surface area contributed by atoms with Gasteiger partial charge in [0, 0.05) is 19.3 Å². The van der Waals surface area contributed by atoms with Crippen molar-refractivity contribution in [2.45, 2.75) is 32.4 Å². The number of nitrogens with one attached hydrogen (secondary N) is 1. The van der Waals surface area contributed by atoms with Crippen LogP contribution in [0, 0.1) is 0 Å². The lowest BCUT2D eigenvalue weighted by Crippen LogP contribution is -2.58. The summed E-state index contributed by atoms with van der Waals surface area (Å²) in [7, 11) is 0. The summed E-state index contributed by atoms with van der Waals surface area (Å²) in [5.74, 6) is 0.777. The normalized spacial score (nSPS) is 16.1. The molecule has 0 saturated carbocycles. The molecule has 1 aliphatic heterocycles. The number of carbonyl (C=O) groups is 1. The molecule has 0 aromatic carbocycles. The molecule has 1 amide bonds. The molecule has 6 nitrogen and oxygen atoms in total. The molecule has 1 aromatic heterocycles. The smallest absolute Gasteiger partial charge is 0.410 e. The predicted octanol–water partition coefficient (Wildman–Crippen LogP) is 1.51. The molecule has 2 rings (SSSR count). The van der Waals surface area contributed by atoms with Gasteiger partial charge in [0.1, 0.15) is 17.7 Å². The monoisotopic (exact) mass is 250 g/mol. The topological polar surface area (TPSA) is 67.3 Å². The van der Waals surface area contributed by atoms with Gasteiger partial charge in [0.05, 0.1) is 6.04 Å². The first kappa shape index (κ1) is 12.6. The fourth-order valence-electron chi connectivity index (χ4n) is 1.63. The van der Waals surface area contributed by atoms with Gasteiger partial charge in [0.2, 0.25) is 0 Å². The van der Waals surface area contributed by atoms with Crippen molar-refractivity contribution in [3.8, 4) is 0 Å². The number of likely N-dealkylation sites (tertiary alicyclic amines) is 1. The molecule has 1 aromatic rings. The van der Waals surface area contributed by atoms with Crippen LogP contribution in [-0.2, 0) is 4.74 Å². The van der Waals surface area contributed by atoms with E-state index in [-0.39, 0.29) is 12.1 Å². The van der Waals surface area contributed by atoms with Crippen LogP contribution in [0.15, 0.2) is 18.6 Å². The molecule has 0 bridgehead atoms. The zero-order valence-electron chi connectivity index (χ0n) is 10.9. The highest BCUT2D eigenvalue weighted by atomic mass is 16.6. The zero-order chi connectivity index (χ0) is 13.2. The highest BCUT2D eigenvalue weighted by Gasteiger charge is 2.33. The minimum absolute atomic E-state index is 0.229. The molecule has 0 unspecified atom stereocenters. The number of aromatic nitrogens is 2. The van der Waals surface area contributed by atoms with Gasteiger partial charge in [-0.1, -0.05) is 0 Å². The average molecular weight is 250 g/mol.